The largest absolute Gasteiger partial charge is 0.490 e. The Morgan fingerprint density at radius 3 is 2.50 bits per heavy atom. The molecular formula is C24H24N4O6. The van der Waals surface area contributed by atoms with E-state index in [-0.39, 0.29) is 28.9 Å². The first-order chi connectivity index (χ1) is 16.1. The molecule has 2 saturated heterocycles. The molecule has 5 rings (SSSR count). The molecule has 0 bridgehead atoms. The van der Waals surface area contributed by atoms with Crippen LogP contribution in [0.1, 0.15) is 25.0 Å². The number of amides is 3. The molecule has 3 aliphatic heterocycles. The van der Waals surface area contributed by atoms with E-state index in [1.54, 1.807) is 31.2 Å². The number of rotatable bonds is 4. The summed E-state index contributed by atoms with van der Waals surface area (Å²) in [7, 11) is 1.29. The van der Waals surface area contributed by atoms with E-state index in [4.69, 9.17) is 4.74 Å². The van der Waals surface area contributed by atoms with E-state index in [0.29, 0.717) is 16.8 Å². The smallest absolute Gasteiger partial charge is 0.311 e. The van der Waals surface area contributed by atoms with Crippen LogP contribution in [0, 0.1) is 34.8 Å². The summed E-state index contributed by atoms with van der Waals surface area (Å²) in [5.74, 6) is -3.16. The van der Waals surface area contributed by atoms with Crippen molar-refractivity contribution in [1.82, 2.24) is 5.32 Å². The molecule has 4 atom stereocenters. The third-order valence-corrected chi connectivity index (χ3v) is 7.21. The fourth-order valence-electron chi connectivity index (χ4n) is 5.71. The second-order valence-electron chi connectivity index (χ2n) is 9.30. The lowest BCUT2D eigenvalue weighted by Crippen LogP contribution is -2.54. The zero-order chi connectivity index (χ0) is 24.5. The van der Waals surface area contributed by atoms with Gasteiger partial charge in [-0.25, -0.2) is 4.90 Å². The van der Waals surface area contributed by atoms with Gasteiger partial charge in [-0.2, -0.15) is 0 Å². The van der Waals surface area contributed by atoms with Gasteiger partial charge in [-0.05, 0) is 24.5 Å². The molecule has 1 spiro atoms. The molecule has 2 N–H and O–H groups in total. The summed E-state index contributed by atoms with van der Waals surface area (Å²) < 4.78 is 5.18. The Morgan fingerprint density at radius 2 is 1.85 bits per heavy atom. The first-order valence-corrected chi connectivity index (χ1v) is 11.0. The van der Waals surface area contributed by atoms with Gasteiger partial charge in [0.1, 0.15) is 5.54 Å². The van der Waals surface area contributed by atoms with Crippen LogP contribution in [0.15, 0.2) is 36.4 Å². The number of anilines is 2. The van der Waals surface area contributed by atoms with Gasteiger partial charge < -0.3 is 10.1 Å². The van der Waals surface area contributed by atoms with E-state index < -0.39 is 40.2 Å². The number of nitro groups is 1. The van der Waals surface area contributed by atoms with E-state index in [2.05, 4.69) is 10.6 Å². The van der Waals surface area contributed by atoms with Crippen molar-refractivity contribution >= 4 is 34.8 Å². The Balaban J connectivity index is 1.68. The minimum Gasteiger partial charge on any atom is -0.490 e. The Kier molecular flexibility index (Phi) is 4.77. The predicted molar refractivity (Wildman–Crippen MR) is 122 cm³/mol. The van der Waals surface area contributed by atoms with Crippen LogP contribution in [0.5, 0.6) is 5.75 Å². The molecule has 10 nitrogen and oxygen atoms in total. The average Bonchev–Trinajstić information content (AvgIpc) is 3.39. The number of aryl methyl sites for hydroxylation is 1. The van der Waals surface area contributed by atoms with E-state index >= 15 is 0 Å². The third kappa shape index (κ3) is 2.68. The first kappa shape index (κ1) is 22.0. The van der Waals surface area contributed by atoms with Gasteiger partial charge in [0, 0.05) is 29.4 Å². The lowest BCUT2D eigenvalue weighted by atomic mass is 9.76. The zero-order valence-corrected chi connectivity index (χ0v) is 19.1. The van der Waals surface area contributed by atoms with Gasteiger partial charge in [0.25, 0.3) is 0 Å². The highest BCUT2D eigenvalue weighted by Gasteiger charge is 2.71. The molecule has 2 aromatic rings. The number of fused-ring (bicyclic) bond motifs is 4. The number of nitrogens with zero attached hydrogens (tertiary/aromatic N) is 2. The van der Waals surface area contributed by atoms with Crippen molar-refractivity contribution < 1.29 is 24.0 Å². The molecule has 0 aromatic heterocycles. The zero-order valence-electron chi connectivity index (χ0n) is 19.1. The van der Waals surface area contributed by atoms with E-state index in [9.17, 15) is 24.5 Å². The molecule has 0 saturated carbocycles. The molecule has 2 fully saturated rings. The lowest BCUT2D eigenvalue weighted by molar-refractivity contribution is -0.385. The monoisotopic (exact) mass is 464 g/mol. The number of carbonyl (C=O) groups is 3. The summed E-state index contributed by atoms with van der Waals surface area (Å²) in [5, 5.41) is 17.7. The fraction of sp³-hybridized carbons (Fsp3) is 0.375. The molecule has 10 heteroatoms. The van der Waals surface area contributed by atoms with Crippen molar-refractivity contribution in [2.24, 2.45) is 17.8 Å². The molecule has 2 aromatic carbocycles. The maximum atomic E-state index is 14.0. The molecule has 3 aliphatic rings. The number of nitrogens with one attached hydrogen (secondary N) is 2. The Labute approximate surface area is 195 Å². The standard InChI is InChI=1S/C24H24N4O6/c1-11(2)20-18-19(24(26-20)13-7-5-6-8-14(13)25-23(24)31)22(30)27(21(18)29)15-10-17(34-4)16(28(32)33)9-12(15)3/h5-11,18-20,26H,1-4H3,(H,25,31)/t18-,19-,20-,24-/m0/s1. The molecular weight excluding hydrogens is 440 g/mol. The maximum Gasteiger partial charge on any atom is 0.311 e. The van der Waals surface area contributed by atoms with Crippen LogP contribution in [-0.4, -0.2) is 35.8 Å². The summed E-state index contributed by atoms with van der Waals surface area (Å²) in [6.07, 6.45) is 0. The minimum atomic E-state index is -1.38. The summed E-state index contributed by atoms with van der Waals surface area (Å²) in [6, 6.07) is 9.36. The van der Waals surface area contributed by atoms with E-state index in [0.717, 1.165) is 4.90 Å². The van der Waals surface area contributed by atoms with Gasteiger partial charge in [-0.1, -0.05) is 32.0 Å². The summed E-state index contributed by atoms with van der Waals surface area (Å²) in [4.78, 5) is 53.1. The van der Waals surface area contributed by atoms with Crippen molar-refractivity contribution in [3.63, 3.8) is 0 Å². The van der Waals surface area contributed by atoms with Gasteiger partial charge in [0.2, 0.25) is 17.7 Å². The van der Waals surface area contributed by atoms with Crippen molar-refractivity contribution in [2.45, 2.75) is 32.4 Å². The SMILES string of the molecule is COc1cc(N2C(=O)[C@H]3[C@@H](C2=O)[C@]2(N[C@H]3C(C)C)C(=O)Nc3ccccc32)c(C)cc1[N+](=O)[O-]. The maximum absolute atomic E-state index is 14.0. The number of imide groups is 1. The minimum absolute atomic E-state index is 0.0448. The third-order valence-electron chi connectivity index (χ3n) is 7.21. The lowest BCUT2D eigenvalue weighted by Gasteiger charge is -2.30. The van der Waals surface area contributed by atoms with Gasteiger partial charge >= 0.3 is 5.69 Å². The summed E-state index contributed by atoms with van der Waals surface area (Å²) in [5.41, 5.74) is 0.209. The second kappa shape index (κ2) is 7.36. The Morgan fingerprint density at radius 1 is 1.15 bits per heavy atom. The second-order valence-corrected chi connectivity index (χ2v) is 9.30. The van der Waals surface area contributed by atoms with Crippen molar-refractivity contribution in [2.75, 3.05) is 17.3 Å². The summed E-state index contributed by atoms with van der Waals surface area (Å²) in [6.45, 7) is 5.47. The number of para-hydroxylation sites is 1. The van der Waals surface area contributed by atoms with Crippen molar-refractivity contribution in [3.8, 4) is 5.75 Å². The van der Waals surface area contributed by atoms with Crippen LogP contribution >= 0.6 is 0 Å². The number of ether oxygens (including phenoxy) is 1. The van der Waals surface area contributed by atoms with Crippen molar-refractivity contribution in [1.29, 1.82) is 0 Å². The van der Waals surface area contributed by atoms with Gasteiger partial charge in [0.05, 0.1) is 29.6 Å². The Bertz CT molecular complexity index is 1270. The van der Waals surface area contributed by atoms with Gasteiger partial charge in [0.15, 0.2) is 5.75 Å². The molecule has 3 heterocycles. The Hall–Kier alpha value is -3.79. The number of methoxy groups -OCH3 is 1. The quantitative estimate of drug-likeness (QED) is 0.404. The molecule has 34 heavy (non-hydrogen) atoms. The molecule has 0 radical (unpaired) electrons. The summed E-state index contributed by atoms with van der Waals surface area (Å²) >= 11 is 0. The van der Waals surface area contributed by atoms with Crippen LogP contribution in [0.2, 0.25) is 0 Å². The van der Waals surface area contributed by atoms with Crippen LogP contribution in [-0.2, 0) is 19.9 Å². The number of carbonyl (C=O) groups excluding carboxylic acids is 3. The topological polar surface area (TPSA) is 131 Å². The highest BCUT2D eigenvalue weighted by Crippen LogP contribution is 2.55. The highest BCUT2D eigenvalue weighted by atomic mass is 16.6. The molecule has 0 aliphatic carbocycles. The van der Waals surface area contributed by atoms with Gasteiger partial charge in [-0.15, -0.1) is 0 Å². The molecule has 0 unspecified atom stereocenters. The molecule has 3 amide bonds. The fourth-order valence-corrected chi connectivity index (χ4v) is 5.71. The van der Waals surface area contributed by atoms with Crippen molar-refractivity contribution in [3.05, 3.63) is 57.6 Å². The normalized spacial score (nSPS) is 27.4. The highest BCUT2D eigenvalue weighted by molar-refractivity contribution is 6.26. The van der Waals surface area contributed by atoms with Crippen LogP contribution in [0.4, 0.5) is 17.1 Å². The number of hydrogen-bond donors (Lipinski definition) is 2. The van der Waals surface area contributed by atoms with Gasteiger partial charge in [-0.3, -0.25) is 29.8 Å². The molecule has 176 valence electrons. The van der Waals surface area contributed by atoms with E-state index in [1.165, 1.54) is 19.2 Å². The van der Waals surface area contributed by atoms with Crippen LogP contribution in [0.3, 0.4) is 0 Å². The number of nitro benzene ring substituents is 1. The average molecular weight is 464 g/mol. The number of hydrogen-bond acceptors (Lipinski definition) is 7. The predicted octanol–water partition coefficient (Wildman–Crippen LogP) is 2.49. The first-order valence-electron chi connectivity index (χ1n) is 11.0. The van der Waals surface area contributed by atoms with Crippen LogP contribution < -0.4 is 20.3 Å². The number of benzene rings is 2. The van der Waals surface area contributed by atoms with Crippen LogP contribution in [0.25, 0.3) is 0 Å². The van der Waals surface area contributed by atoms with E-state index in [1.807, 2.05) is 13.8 Å².